The maximum absolute atomic E-state index is 13.1. The molecule has 2 amide bonds. The van der Waals surface area contributed by atoms with E-state index in [-0.39, 0.29) is 49.2 Å². The summed E-state index contributed by atoms with van der Waals surface area (Å²) in [6.07, 6.45) is 0.767. The Bertz CT molecular complexity index is 1350. The van der Waals surface area contributed by atoms with Gasteiger partial charge in [-0.15, -0.1) is 0 Å². The Morgan fingerprint density at radius 1 is 1.16 bits per heavy atom. The maximum Gasteiger partial charge on any atom is 0.387 e. The number of rotatable bonds is 8. The second-order valence-electron chi connectivity index (χ2n) is 9.65. The van der Waals surface area contributed by atoms with Gasteiger partial charge >= 0.3 is 6.61 Å². The van der Waals surface area contributed by atoms with Gasteiger partial charge in [0.1, 0.15) is 17.1 Å². The van der Waals surface area contributed by atoms with Crippen molar-refractivity contribution in [1.82, 2.24) is 14.5 Å². The van der Waals surface area contributed by atoms with Crippen LogP contribution in [0.25, 0.3) is 0 Å². The number of alkyl halides is 2. The molecule has 0 bridgehead atoms. The number of nitrogens with one attached hydrogen (secondary N) is 1. The van der Waals surface area contributed by atoms with Crippen molar-refractivity contribution in [1.29, 1.82) is 0 Å². The number of carbonyl (C=O) groups excluding carboxylic acids is 2. The van der Waals surface area contributed by atoms with Crippen LogP contribution in [0.5, 0.6) is 5.75 Å². The highest BCUT2D eigenvalue weighted by Crippen LogP contribution is 2.32. The van der Waals surface area contributed by atoms with Crippen LogP contribution >= 0.6 is 0 Å². The fraction of sp³-hybridized carbons (Fsp3) is 0.423. The van der Waals surface area contributed by atoms with E-state index in [1.807, 2.05) is 6.92 Å². The first-order chi connectivity index (χ1) is 17.9. The Hall–Kier alpha value is -3.38. The molecule has 2 aliphatic heterocycles. The van der Waals surface area contributed by atoms with Crippen LogP contribution in [0.3, 0.4) is 0 Å². The number of aryl methyl sites for hydroxylation is 2. The molecule has 0 atom stereocenters. The standard InChI is InChI=1S/C26H30F2N4O5S/c1-17-16-20(23(33)31(2)3)5-4-18(17)10-15-38(35,36)32-13-11-26(12-14-32)24(34)29-22(30-26)19-6-8-21(9-7-19)37-25(27)28/h4-9,16,25H,10-15H2,1-3H3,(H,29,30,34). The van der Waals surface area contributed by atoms with E-state index in [1.165, 1.54) is 33.5 Å². The second-order valence-corrected chi connectivity index (χ2v) is 11.7. The van der Waals surface area contributed by atoms with Crippen molar-refractivity contribution in [3.8, 4) is 5.75 Å². The van der Waals surface area contributed by atoms with Crippen molar-refractivity contribution in [2.45, 2.75) is 38.3 Å². The van der Waals surface area contributed by atoms with Gasteiger partial charge in [0.05, 0.1) is 5.75 Å². The lowest BCUT2D eigenvalue weighted by atomic mass is 9.89. The summed E-state index contributed by atoms with van der Waals surface area (Å²) in [5.41, 5.74) is 1.73. The van der Waals surface area contributed by atoms with Crippen molar-refractivity contribution in [2.75, 3.05) is 32.9 Å². The van der Waals surface area contributed by atoms with Crippen LogP contribution in [0.4, 0.5) is 8.78 Å². The molecule has 2 heterocycles. The Morgan fingerprint density at radius 3 is 2.39 bits per heavy atom. The lowest BCUT2D eigenvalue weighted by Crippen LogP contribution is -2.50. The van der Waals surface area contributed by atoms with Crippen LogP contribution in [0.15, 0.2) is 47.5 Å². The monoisotopic (exact) mass is 548 g/mol. The molecule has 0 radical (unpaired) electrons. The minimum absolute atomic E-state index is 0.00455. The van der Waals surface area contributed by atoms with E-state index < -0.39 is 22.2 Å². The van der Waals surface area contributed by atoms with Gasteiger partial charge in [0, 0.05) is 38.3 Å². The molecule has 1 spiro atoms. The van der Waals surface area contributed by atoms with Gasteiger partial charge in [0.2, 0.25) is 10.0 Å². The van der Waals surface area contributed by atoms with E-state index >= 15 is 0 Å². The van der Waals surface area contributed by atoms with E-state index in [4.69, 9.17) is 0 Å². The quantitative estimate of drug-likeness (QED) is 0.546. The predicted molar refractivity (Wildman–Crippen MR) is 138 cm³/mol. The topological polar surface area (TPSA) is 108 Å². The average Bonchev–Trinajstić information content (AvgIpc) is 3.18. The molecule has 2 aliphatic rings. The fourth-order valence-corrected chi connectivity index (χ4v) is 6.13. The third-order valence-electron chi connectivity index (χ3n) is 6.90. The van der Waals surface area contributed by atoms with Gasteiger partial charge in [-0.3, -0.25) is 14.6 Å². The fourth-order valence-electron chi connectivity index (χ4n) is 4.66. The SMILES string of the molecule is Cc1cc(C(=O)N(C)C)ccc1CCS(=O)(=O)N1CCC2(CC1)N=C(c1ccc(OC(F)F)cc1)NC2=O. The van der Waals surface area contributed by atoms with Crippen molar-refractivity contribution < 1.29 is 31.5 Å². The second kappa shape index (κ2) is 10.8. The van der Waals surface area contributed by atoms with Gasteiger partial charge in [-0.05, 0) is 73.7 Å². The van der Waals surface area contributed by atoms with Crippen LogP contribution in [0.2, 0.25) is 0 Å². The van der Waals surface area contributed by atoms with Crippen molar-refractivity contribution >= 4 is 27.7 Å². The van der Waals surface area contributed by atoms with Crippen LogP contribution in [0, 0.1) is 6.92 Å². The Morgan fingerprint density at radius 2 is 1.82 bits per heavy atom. The number of benzene rings is 2. The highest BCUT2D eigenvalue weighted by atomic mass is 32.2. The number of aliphatic imine (C=N–C) groups is 1. The first-order valence-corrected chi connectivity index (χ1v) is 13.8. The normalized spacial score (nSPS) is 17.4. The number of halogens is 2. The van der Waals surface area contributed by atoms with Gasteiger partial charge in [-0.2, -0.15) is 8.78 Å². The summed E-state index contributed by atoms with van der Waals surface area (Å²) in [5.74, 6) is -0.193. The Labute approximate surface area is 220 Å². The maximum atomic E-state index is 13.1. The average molecular weight is 549 g/mol. The number of hydrogen-bond acceptors (Lipinski definition) is 6. The summed E-state index contributed by atoms with van der Waals surface area (Å²) < 4.78 is 56.7. The molecule has 12 heteroatoms. The molecule has 0 saturated carbocycles. The molecule has 2 aromatic carbocycles. The van der Waals surface area contributed by atoms with Crippen LogP contribution in [-0.2, 0) is 21.2 Å². The van der Waals surface area contributed by atoms with Gasteiger partial charge in [0.25, 0.3) is 11.8 Å². The van der Waals surface area contributed by atoms with E-state index in [0.29, 0.717) is 23.4 Å². The number of hydrogen-bond donors (Lipinski definition) is 1. The van der Waals surface area contributed by atoms with Gasteiger partial charge in [-0.1, -0.05) is 6.07 Å². The summed E-state index contributed by atoms with van der Waals surface area (Å²) in [7, 11) is -0.231. The first kappa shape index (κ1) is 27.6. The molecule has 204 valence electrons. The zero-order valence-corrected chi connectivity index (χ0v) is 22.2. The minimum atomic E-state index is -3.58. The molecule has 0 aromatic heterocycles. The van der Waals surface area contributed by atoms with Gasteiger partial charge < -0.3 is 15.0 Å². The number of nitrogens with zero attached hydrogens (tertiary/aromatic N) is 3. The molecule has 4 rings (SSSR count). The van der Waals surface area contributed by atoms with Crippen LogP contribution < -0.4 is 10.1 Å². The molecule has 1 saturated heterocycles. The minimum Gasteiger partial charge on any atom is -0.435 e. The molecule has 1 N–H and O–H groups in total. The summed E-state index contributed by atoms with van der Waals surface area (Å²) in [6.45, 7) is -0.768. The van der Waals surface area contributed by atoms with E-state index in [9.17, 15) is 26.8 Å². The number of amidine groups is 1. The number of ether oxygens (including phenoxy) is 1. The number of carbonyl (C=O) groups is 2. The third-order valence-corrected chi connectivity index (χ3v) is 8.77. The van der Waals surface area contributed by atoms with Crippen molar-refractivity contribution in [3.05, 3.63) is 64.7 Å². The molecule has 9 nitrogen and oxygen atoms in total. The number of piperidine rings is 1. The van der Waals surface area contributed by atoms with E-state index in [1.54, 1.807) is 32.3 Å². The molecule has 2 aromatic rings. The summed E-state index contributed by atoms with van der Waals surface area (Å²) in [6, 6.07) is 11.1. The van der Waals surface area contributed by atoms with Crippen molar-refractivity contribution in [3.63, 3.8) is 0 Å². The molecular weight excluding hydrogens is 518 g/mol. The first-order valence-electron chi connectivity index (χ1n) is 12.2. The largest absolute Gasteiger partial charge is 0.435 e. The van der Waals surface area contributed by atoms with Crippen LogP contribution in [-0.4, -0.2) is 80.4 Å². The summed E-state index contributed by atoms with van der Waals surface area (Å²) >= 11 is 0. The predicted octanol–water partition coefficient (Wildman–Crippen LogP) is 2.58. The van der Waals surface area contributed by atoms with Crippen molar-refractivity contribution in [2.24, 2.45) is 4.99 Å². The number of sulfonamides is 1. The van der Waals surface area contributed by atoms with E-state index in [2.05, 4.69) is 15.0 Å². The van der Waals surface area contributed by atoms with Gasteiger partial charge in [-0.25, -0.2) is 12.7 Å². The smallest absolute Gasteiger partial charge is 0.387 e. The summed E-state index contributed by atoms with van der Waals surface area (Å²) in [4.78, 5) is 31.1. The van der Waals surface area contributed by atoms with Gasteiger partial charge in [0.15, 0.2) is 0 Å². The Balaban J connectivity index is 1.38. The van der Waals surface area contributed by atoms with E-state index in [0.717, 1.165) is 11.1 Å². The lowest BCUT2D eigenvalue weighted by Gasteiger charge is -2.34. The highest BCUT2D eigenvalue weighted by molar-refractivity contribution is 7.89. The molecule has 38 heavy (non-hydrogen) atoms. The molecule has 0 aliphatic carbocycles. The Kier molecular flexibility index (Phi) is 7.84. The van der Waals surface area contributed by atoms with Crippen LogP contribution in [0.1, 0.15) is 39.9 Å². The lowest BCUT2D eigenvalue weighted by molar-refractivity contribution is -0.124. The summed E-state index contributed by atoms with van der Waals surface area (Å²) in [5, 5.41) is 2.74. The zero-order chi connectivity index (χ0) is 27.7. The highest BCUT2D eigenvalue weighted by Gasteiger charge is 2.47. The third kappa shape index (κ3) is 5.86. The molecular formula is C26H30F2N4O5S. The zero-order valence-electron chi connectivity index (χ0n) is 21.4. The molecule has 1 fully saturated rings. The molecule has 0 unspecified atom stereocenters. The number of amides is 2.